The Labute approximate surface area is 168 Å². The fourth-order valence-corrected chi connectivity index (χ4v) is 3.37. The Hall–Kier alpha value is -3.68. The predicted molar refractivity (Wildman–Crippen MR) is 108 cm³/mol. The molecule has 0 aliphatic rings. The number of hydrogen-bond acceptors (Lipinski definition) is 5. The van der Waals surface area contributed by atoms with Crippen molar-refractivity contribution in [2.75, 3.05) is 13.7 Å². The summed E-state index contributed by atoms with van der Waals surface area (Å²) in [5.41, 5.74) is 2.15. The first-order valence-electron chi connectivity index (χ1n) is 9.41. The molecule has 8 nitrogen and oxygen atoms in total. The number of nitrogens with zero attached hydrogens (tertiary/aromatic N) is 5. The largest absolute Gasteiger partial charge is 0.497 e. The molecule has 0 saturated carbocycles. The van der Waals surface area contributed by atoms with Gasteiger partial charge in [0.1, 0.15) is 18.1 Å². The summed E-state index contributed by atoms with van der Waals surface area (Å²) in [4.78, 5) is 12.9. The number of methoxy groups -OCH3 is 1. The van der Waals surface area contributed by atoms with Crippen molar-refractivity contribution in [2.45, 2.75) is 19.0 Å². The van der Waals surface area contributed by atoms with Gasteiger partial charge in [-0.25, -0.2) is 4.68 Å². The average molecular weight is 390 g/mol. The van der Waals surface area contributed by atoms with Crippen LogP contribution < -0.4 is 10.1 Å². The Morgan fingerprint density at radius 2 is 2.03 bits per heavy atom. The van der Waals surface area contributed by atoms with Crippen molar-refractivity contribution in [3.63, 3.8) is 0 Å². The summed E-state index contributed by atoms with van der Waals surface area (Å²) in [5, 5.41) is 15.4. The highest BCUT2D eigenvalue weighted by Crippen LogP contribution is 2.21. The van der Waals surface area contributed by atoms with Crippen molar-refractivity contribution >= 4 is 16.8 Å². The summed E-state index contributed by atoms with van der Waals surface area (Å²) >= 11 is 0. The molecule has 1 N–H and O–H groups in total. The minimum absolute atomic E-state index is 0.112. The molecule has 0 saturated heterocycles. The molecule has 2 heterocycles. The summed E-state index contributed by atoms with van der Waals surface area (Å²) in [6.07, 6.45) is 4.00. The zero-order valence-electron chi connectivity index (χ0n) is 16.1. The van der Waals surface area contributed by atoms with Crippen LogP contribution in [0.15, 0.2) is 67.1 Å². The fourth-order valence-electron chi connectivity index (χ4n) is 3.37. The second-order valence-corrected chi connectivity index (χ2v) is 6.72. The van der Waals surface area contributed by atoms with Gasteiger partial charge in [-0.3, -0.25) is 4.79 Å². The molecule has 2 aromatic heterocycles. The molecule has 8 heteroatoms. The monoisotopic (exact) mass is 390 g/mol. The van der Waals surface area contributed by atoms with Crippen molar-refractivity contribution in [1.82, 2.24) is 30.1 Å². The second-order valence-electron chi connectivity index (χ2n) is 6.72. The van der Waals surface area contributed by atoms with E-state index in [-0.39, 0.29) is 5.91 Å². The summed E-state index contributed by atoms with van der Waals surface area (Å²) < 4.78 is 8.88. The minimum Gasteiger partial charge on any atom is -0.497 e. The van der Waals surface area contributed by atoms with E-state index in [4.69, 9.17) is 4.74 Å². The molecule has 4 aromatic rings. The lowest BCUT2D eigenvalue weighted by Crippen LogP contribution is -2.36. The van der Waals surface area contributed by atoms with Gasteiger partial charge in [-0.05, 0) is 40.3 Å². The van der Waals surface area contributed by atoms with E-state index >= 15 is 0 Å². The standard InChI is InChI=1S/C21H22N6O2/c1-29-18-7-8-19-17(14-18)9-11-26(19)12-10-22-21(28)20(27-15-23-24-25-27)13-16-5-3-2-4-6-16/h2-9,11,14-15,20H,10,12-13H2,1H3,(H,22,28)/t20-/m1/s1. The van der Waals surface area contributed by atoms with Crippen molar-refractivity contribution in [3.05, 3.63) is 72.7 Å². The Morgan fingerprint density at radius 3 is 2.79 bits per heavy atom. The normalized spacial score (nSPS) is 12.0. The first kappa shape index (κ1) is 18.7. The molecule has 0 spiro atoms. The van der Waals surface area contributed by atoms with Crippen molar-refractivity contribution in [1.29, 1.82) is 0 Å². The maximum absolute atomic E-state index is 12.9. The number of carbonyl (C=O) groups excluding carboxylic acids is 1. The number of amides is 1. The third-order valence-corrected chi connectivity index (χ3v) is 4.89. The van der Waals surface area contributed by atoms with Crippen LogP contribution in [-0.4, -0.2) is 44.3 Å². The number of ether oxygens (including phenoxy) is 1. The predicted octanol–water partition coefficient (Wildman–Crippen LogP) is 2.24. The van der Waals surface area contributed by atoms with Crippen molar-refractivity contribution < 1.29 is 9.53 Å². The lowest BCUT2D eigenvalue weighted by atomic mass is 10.1. The molecule has 0 bridgehead atoms. The summed E-state index contributed by atoms with van der Waals surface area (Å²) in [7, 11) is 1.66. The zero-order valence-corrected chi connectivity index (χ0v) is 16.1. The van der Waals surface area contributed by atoms with E-state index in [9.17, 15) is 4.79 Å². The highest BCUT2D eigenvalue weighted by Gasteiger charge is 2.22. The maximum atomic E-state index is 12.9. The highest BCUT2D eigenvalue weighted by atomic mass is 16.5. The van der Waals surface area contributed by atoms with E-state index in [2.05, 4.69) is 25.4 Å². The molecule has 2 aromatic carbocycles. The zero-order chi connectivity index (χ0) is 20.1. The first-order valence-corrected chi connectivity index (χ1v) is 9.41. The summed E-state index contributed by atoms with van der Waals surface area (Å²) in [6.45, 7) is 1.16. The van der Waals surface area contributed by atoms with Gasteiger partial charge in [-0.1, -0.05) is 30.3 Å². The van der Waals surface area contributed by atoms with Gasteiger partial charge in [-0.2, -0.15) is 0 Å². The Morgan fingerprint density at radius 1 is 1.17 bits per heavy atom. The van der Waals surface area contributed by atoms with Crippen LogP contribution in [0.3, 0.4) is 0 Å². The van der Waals surface area contributed by atoms with E-state index in [0.717, 1.165) is 22.2 Å². The molecule has 0 unspecified atom stereocenters. The van der Waals surface area contributed by atoms with Gasteiger partial charge in [0.15, 0.2) is 0 Å². The molecule has 0 aliphatic heterocycles. The van der Waals surface area contributed by atoms with Crippen LogP contribution in [0.25, 0.3) is 10.9 Å². The Kier molecular flexibility index (Phi) is 5.51. The molecule has 29 heavy (non-hydrogen) atoms. The van der Waals surface area contributed by atoms with Gasteiger partial charge in [0.05, 0.1) is 7.11 Å². The minimum atomic E-state index is -0.502. The maximum Gasteiger partial charge on any atom is 0.245 e. The number of tetrazole rings is 1. The van der Waals surface area contributed by atoms with Gasteiger partial charge >= 0.3 is 0 Å². The van der Waals surface area contributed by atoms with Crippen LogP contribution in [0.5, 0.6) is 5.75 Å². The Balaban J connectivity index is 1.42. The van der Waals surface area contributed by atoms with Crippen molar-refractivity contribution in [2.24, 2.45) is 0 Å². The number of fused-ring (bicyclic) bond motifs is 1. The molecule has 0 radical (unpaired) electrons. The number of aromatic nitrogens is 5. The van der Waals surface area contributed by atoms with Gasteiger partial charge in [0, 0.05) is 36.6 Å². The molecule has 4 rings (SSSR count). The lowest BCUT2D eigenvalue weighted by molar-refractivity contribution is -0.124. The fraction of sp³-hybridized carbons (Fsp3) is 0.238. The highest BCUT2D eigenvalue weighted by molar-refractivity contribution is 5.82. The van der Waals surface area contributed by atoms with Crippen LogP contribution >= 0.6 is 0 Å². The molecule has 0 fully saturated rings. The first-order chi connectivity index (χ1) is 14.2. The van der Waals surface area contributed by atoms with Gasteiger partial charge < -0.3 is 14.6 Å². The lowest BCUT2D eigenvalue weighted by Gasteiger charge is -2.17. The molecule has 148 valence electrons. The van der Waals surface area contributed by atoms with Crippen LogP contribution in [0, 0.1) is 0 Å². The number of benzene rings is 2. The average Bonchev–Trinajstić information content (AvgIpc) is 3.42. The number of rotatable bonds is 8. The van der Waals surface area contributed by atoms with Crippen LogP contribution in [-0.2, 0) is 17.8 Å². The van der Waals surface area contributed by atoms with Crippen LogP contribution in [0.2, 0.25) is 0 Å². The van der Waals surface area contributed by atoms with E-state index in [1.807, 2.05) is 60.8 Å². The van der Waals surface area contributed by atoms with Gasteiger partial charge in [0.25, 0.3) is 0 Å². The molecular weight excluding hydrogens is 368 g/mol. The van der Waals surface area contributed by atoms with E-state index < -0.39 is 6.04 Å². The molecule has 1 atom stereocenters. The summed E-state index contributed by atoms with van der Waals surface area (Å²) in [6, 6.07) is 17.3. The van der Waals surface area contributed by atoms with Gasteiger partial charge in [-0.15, -0.1) is 5.10 Å². The molecular formula is C21H22N6O2. The smallest absolute Gasteiger partial charge is 0.245 e. The number of carbonyl (C=O) groups is 1. The second kappa shape index (κ2) is 8.55. The molecule has 0 aliphatic carbocycles. The number of nitrogens with one attached hydrogen (secondary N) is 1. The topological polar surface area (TPSA) is 86.9 Å². The molecule has 1 amide bonds. The van der Waals surface area contributed by atoms with E-state index in [0.29, 0.717) is 19.5 Å². The van der Waals surface area contributed by atoms with Crippen LogP contribution in [0.4, 0.5) is 0 Å². The van der Waals surface area contributed by atoms with Gasteiger partial charge in [0.2, 0.25) is 5.91 Å². The van der Waals surface area contributed by atoms with E-state index in [1.54, 1.807) is 7.11 Å². The third kappa shape index (κ3) is 4.26. The van der Waals surface area contributed by atoms with Crippen molar-refractivity contribution in [3.8, 4) is 5.75 Å². The quantitative estimate of drug-likeness (QED) is 0.499. The van der Waals surface area contributed by atoms with E-state index in [1.165, 1.54) is 11.0 Å². The third-order valence-electron chi connectivity index (χ3n) is 4.89. The summed E-state index contributed by atoms with van der Waals surface area (Å²) in [5.74, 6) is 0.716. The SMILES string of the molecule is COc1ccc2c(ccn2CCNC(=O)[C@@H](Cc2ccccc2)n2cnnn2)c1. The Bertz CT molecular complexity index is 1080. The number of hydrogen-bond donors (Lipinski definition) is 1. The van der Waals surface area contributed by atoms with Crippen LogP contribution in [0.1, 0.15) is 11.6 Å².